The molecule has 0 spiro atoms. The third kappa shape index (κ3) is 5.56. The number of halogens is 1. The van der Waals surface area contributed by atoms with E-state index in [-0.39, 0.29) is 30.8 Å². The number of amides is 2. The molecule has 0 aromatic heterocycles. The molecule has 0 heterocycles. The van der Waals surface area contributed by atoms with Crippen LogP contribution in [0.4, 0.5) is 11.4 Å². The van der Waals surface area contributed by atoms with Crippen LogP contribution >= 0.6 is 12.4 Å². The number of carbonyl (C=O) groups excluding carboxylic acids is 2. The second-order valence-electron chi connectivity index (χ2n) is 4.26. The molecule has 0 bridgehead atoms. The fourth-order valence-electron chi connectivity index (χ4n) is 1.51. The second-order valence-corrected chi connectivity index (χ2v) is 4.26. The van der Waals surface area contributed by atoms with Gasteiger partial charge in [-0.1, -0.05) is 6.07 Å². The zero-order valence-corrected chi connectivity index (χ0v) is 12.5. The number of anilines is 2. The van der Waals surface area contributed by atoms with E-state index in [9.17, 15) is 9.59 Å². The Kier molecular flexibility index (Phi) is 7.83. The monoisotopic (exact) mass is 301 g/mol. The molecule has 0 radical (unpaired) electrons. The predicted molar refractivity (Wildman–Crippen MR) is 81.2 cm³/mol. The van der Waals surface area contributed by atoms with Crippen molar-refractivity contribution < 1.29 is 14.3 Å². The zero-order valence-electron chi connectivity index (χ0n) is 11.7. The first-order valence-electron chi connectivity index (χ1n) is 5.87. The first-order valence-corrected chi connectivity index (χ1v) is 5.87. The van der Waals surface area contributed by atoms with Gasteiger partial charge in [0.1, 0.15) is 6.04 Å². The summed E-state index contributed by atoms with van der Waals surface area (Å²) in [4.78, 5) is 22.8. The number of hydrogen-bond donors (Lipinski definition) is 3. The van der Waals surface area contributed by atoms with Crippen LogP contribution in [0, 0.1) is 6.92 Å². The Balaban J connectivity index is 0.00000361. The molecule has 7 heteroatoms. The van der Waals surface area contributed by atoms with Crippen molar-refractivity contribution in [3.05, 3.63) is 23.8 Å². The molecule has 0 fully saturated rings. The summed E-state index contributed by atoms with van der Waals surface area (Å²) >= 11 is 0. The van der Waals surface area contributed by atoms with Crippen LogP contribution in [-0.2, 0) is 14.3 Å². The van der Waals surface area contributed by atoms with Crippen LogP contribution in [0.2, 0.25) is 0 Å². The lowest BCUT2D eigenvalue weighted by Crippen LogP contribution is -2.39. The molecule has 1 atom stereocenters. The molecular weight excluding hydrogens is 282 g/mol. The first kappa shape index (κ1) is 18.4. The van der Waals surface area contributed by atoms with Gasteiger partial charge >= 0.3 is 0 Å². The molecule has 4 N–H and O–H groups in total. The van der Waals surface area contributed by atoms with Crippen LogP contribution in [0.25, 0.3) is 0 Å². The molecule has 2 amide bonds. The third-order valence-corrected chi connectivity index (χ3v) is 2.50. The van der Waals surface area contributed by atoms with Gasteiger partial charge in [0.25, 0.3) is 0 Å². The molecule has 0 saturated heterocycles. The van der Waals surface area contributed by atoms with E-state index in [4.69, 9.17) is 10.5 Å². The van der Waals surface area contributed by atoms with Crippen molar-refractivity contribution >= 4 is 35.6 Å². The van der Waals surface area contributed by atoms with Crippen molar-refractivity contribution in [3.8, 4) is 0 Å². The summed E-state index contributed by atoms with van der Waals surface area (Å²) in [5.74, 6) is -0.498. The summed E-state index contributed by atoms with van der Waals surface area (Å²) < 4.78 is 4.82. The molecule has 0 aliphatic heterocycles. The van der Waals surface area contributed by atoms with Crippen LogP contribution in [0.3, 0.4) is 0 Å². The van der Waals surface area contributed by atoms with Crippen molar-refractivity contribution in [1.82, 2.24) is 0 Å². The summed E-state index contributed by atoms with van der Waals surface area (Å²) in [6.45, 7) is 3.45. The molecule has 1 aromatic carbocycles. The van der Waals surface area contributed by atoms with E-state index in [1.807, 2.05) is 13.0 Å². The largest absolute Gasteiger partial charge is 0.383 e. The van der Waals surface area contributed by atoms with Gasteiger partial charge in [-0.15, -0.1) is 12.4 Å². The van der Waals surface area contributed by atoms with Crippen molar-refractivity contribution in [2.75, 3.05) is 24.4 Å². The summed E-state index contributed by atoms with van der Waals surface area (Å²) in [6.07, 6.45) is 0. The number of rotatable bonds is 5. The Morgan fingerprint density at radius 1 is 1.35 bits per heavy atom. The minimum atomic E-state index is -0.726. The molecule has 20 heavy (non-hydrogen) atoms. The molecular formula is C13H20ClN3O3. The lowest BCUT2D eigenvalue weighted by Gasteiger charge is -2.13. The normalized spacial score (nSPS) is 11.2. The van der Waals surface area contributed by atoms with Crippen LogP contribution in [-0.4, -0.2) is 31.6 Å². The number of nitrogens with one attached hydrogen (secondary N) is 2. The minimum Gasteiger partial charge on any atom is -0.383 e. The number of nitrogens with two attached hydrogens (primary N) is 1. The van der Waals surface area contributed by atoms with E-state index in [2.05, 4.69) is 10.6 Å². The maximum absolute atomic E-state index is 11.7. The average molecular weight is 302 g/mol. The maximum Gasteiger partial charge on any atom is 0.243 e. The number of hydrogen-bond acceptors (Lipinski definition) is 4. The Morgan fingerprint density at radius 3 is 2.55 bits per heavy atom. The number of carbonyl (C=O) groups is 2. The molecule has 6 nitrogen and oxygen atoms in total. The summed E-state index contributed by atoms with van der Waals surface area (Å²) in [6, 6.07) is 4.52. The van der Waals surface area contributed by atoms with E-state index < -0.39 is 6.04 Å². The van der Waals surface area contributed by atoms with Gasteiger partial charge in [-0.05, 0) is 24.6 Å². The highest BCUT2D eigenvalue weighted by Gasteiger charge is 2.13. The number of benzene rings is 1. The highest BCUT2D eigenvalue weighted by atomic mass is 35.5. The number of aryl methyl sites for hydroxylation is 1. The van der Waals surface area contributed by atoms with Gasteiger partial charge in [0.05, 0.1) is 6.61 Å². The Labute approximate surface area is 124 Å². The Bertz CT molecular complexity index is 480. The van der Waals surface area contributed by atoms with Gasteiger partial charge in [-0.3, -0.25) is 9.59 Å². The second kappa shape index (κ2) is 8.52. The van der Waals surface area contributed by atoms with E-state index in [1.54, 1.807) is 12.1 Å². The quantitative estimate of drug-likeness (QED) is 0.764. The van der Waals surface area contributed by atoms with Gasteiger partial charge in [-0.25, -0.2) is 0 Å². The van der Waals surface area contributed by atoms with Gasteiger partial charge < -0.3 is 21.1 Å². The fourth-order valence-corrected chi connectivity index (χ4v) is 1.51. The molecule has 0 saturated carbocycles. The SMILES string of the molecule is COCC(N)C(=O)Nc1ccc(C)c(NC(C)=O)c1.Cl. The summed E-state index contributed by atoms with van der Waals surface area (Å²) in [5.41, 5.74) is 7.76. The standard InChI is InChI=1S/C13H19N3O3.ClH/c1-8-4-5-10(6-12(8)15-9(2)17)16-13(18)11(14)7-19-3;/h4-6,11H,7,14H2,1-3H3,(H,15,17)(H,16,18);1H. The maximum atomic E-state index is 11.7. The lowest BCUT2D eigenvalue weighted by molar-refractivity contribution is -0.118. The van der Waals surface area contributed by atoms with Crippen molar-refractivity contribution in [2.24, 2.45) is 5.73 Å². The molecule has 0 aliphatic rings. The highest BCUT2D eigenvalue weighted by molar-refractivity contribution is 5.96. The van der Waals surface area contributed by atoms with Gasteiger partial charge in [0.2, 0.25) is 11.8 Å². The molecule has 1 rings (SSSR count). The topological polar surface area (TPSA) is 93.4 Å². The molecule has 1 aromatic rings. The third-order valence-electron chi connectivity index (χ3n) is 2.50. The van der Waals surface area contributed by atoms with Crippen LogP contribution in [0.5, 0.6) is 0 Å². The average Bonchev–Trinajstić information content (AvgIpc) is 2.33. The molecule has 0 aliphatic carbocycles. The zero-order chi connectivity index (χ0) is 14.4. The van der Waals surface area contributed by atoms with Crippen LogP contribution < -0.4 is 16.4 Å². The van der Waals surface area contributed by atoms with Crippen LogP contribution in [0.15, 0.2) is 18.2 Å². The fraction of sp³-hybridized carbons (Fsp3) is 0.385. The number of methoxy groups -OCH3 is 1. The molecule has 112 valence electrons. The van der Waals surface area contributed by atoms with E-state index in [1.165, 1.54) is 14.0 Å². The Morgan fingerprint density at radius 2 is 2.00 bits per heavy atom. The first-order chi connectivity index (χ1) is 8.93. The van der Waals surface area contributed by atoms with E-state index in [0.29, 0.717) is 11.4 Å². The van der Waals surface area contributed by atoms with E-state index >= 15 is 0 Å². The number of ether oxygens (including phenoxy) is 1. The highest BCUT2D eigenvalue weighted by Crippen LogP contribution is 2.20. The van der Waals surface area contributed by atoms with Gasteiger partial charge in [-0.2, -0.15) is 0 Å². The van der Waals surface area contributed by atoms with Crippen molar-refractivity contribution in [2.45, 2.75) is 19.9 Å². The summed E-state index contributed by atoms with van der Waals surface area (Å²) in [5, 5.41) is 5.37. The molecule has 1 unspecified atom stereocenters. The smallest absolute Gasteiger partial charge is 0.243 e. The predicted octanol–water partition coefficient (Wildman–Crippen LogP) is 1.29. The van der Waals surface area contributed by atoms with Crippen molar-refractivity contribution in [3.63, 3.8) is 0 Å². The van der Waals surface area contributed by atoms with E-state index in [0.717, 1.165) is 5.56 Å². The Hall–Kier alpha value is -1.63. The van der Waals surface area contributed by atoms with Crippen LogP contribution in [0.1, 0.15) is 12.5 Å². The van der Waals surface area contributed by atoms with Crippen molar-refractivity contribution in [1.29, 1.82) is 0 Å². The van der Waals surface area contributed by atoms with Gasteiger partial charge in [0, 0.05) is 25.4 Å². The lowest BCUT2D eigenvalue weighted by atomic mass is 10.1. The van der Waals surface area contributed by atoms with Gasteiger partial charge in [0.15, 0.2) is 0 Å². The summed E-state index contributed by atoms with van der Waals surface area (Å²) in [7, 11) is 1.48. The minimum absolute atomic E-state index is 0.